The van der Waals surface area contributed by atoms with Crippen molar-refractivity contribution in [2.24, 2.45) is 0 Å². The molecule has 0 saturated heterocycles. The summed E-state index contributed by atoms with van der Waals surface area (Å²) in [5.41, 5.74) is 0. The molecule has 0 fully saturated rings. The summed E-state index contributed by atoms with van der Waals surface area (Å²) in [6.07, 6.45) is 0. The van der Waals surface area contributed by atoms with Crippen molar-refractivity contribution in [2.45, 2.75) is 18.3 Å². The monoisotopic (exact) mass is 210 g/mol. The SMILES string of the molecule is CC(=O)NC(C[Se])C(=O)O. The van der Waals surface area contributed by atoms with Gasteiger partial charge in [0.1, 0.15) is 0 Å². The third kappa shape index (κ3) is 3.48. The molecule has 1 radical (unpaired) electrons. The number of rotatable bonds is 3. The Bertz CT molecular complexity index is 148. The van der Waals surface area contributed by atoms with Crippen molar-refractivity contribution in [3.05, 3.63) is 0 Å². The maximum absolute atomic E-state index is 10.3. The van der Waals surface area contributed by atoms with E-state index in [2.05, 4.69) is 21.3 Å². The molecule has 0 rings (SSSR count). The fourth-order valence-corrected chi connectivity index (χ4v) is 0.894. The van der Waals surface area contributed by atoms with Gasteiger partial charge >= 0.3 is 66.2 Å². The van der Waals surface area contributed by atoms with Crippen molar-refractivity contribution in [1.29, 1.82) is 0 Å². The van der Waals surface area contributed by atoms with Crippen LogP contribution in [0, 0.1) is 0 Å². The Balaban J connectivity index is 3.83. The van der Waals surface area contributed by atoms with Crippen molar-refractivity contribution in [2.75, 3.05) is 0 Å². The van der Waals surface area contributed by atoms with Crippen LogP contribution in [-0.4, -0.2) is 39.0 Å². The van der Waals surface area contributed by atoms with Gasteiger partial charge in [0.2, 0.25) is 0 Å². The van der Waals surface area contributed by atoms with Gasteiger partial charge in [-0.05, 0) is 0 Å². The molecular formula is C5H8NO3Se. The summed E-state index contributed by atoms with van der Waals surface area (Å²) in [4.78, 5) is 20.6. The van der Waals surface area contributed by atoms with Crippen LogP contribution < -0.4 is 5.32 Å². The van der Waals surface area contributed by atoms with E-state index in [1.54, 1.807) is 0 Å². The molecule has 0 aromatic carbocycles. The summed E-state index contributed by atoms with van der Waals surface area (Å²) in [5, 5.41) is 10.9. The fraction of sp³-hybridized carbons (Fsp3) is 0.600. The summed E-state index contributed by atoms with van der Waals surface area (Å²) in [7, 11) is 0. The molecule has 0 aromatic heterocycles. The van der Waals surface area contributed by atoms with Crippen LogP contribution in [0.1, 0.15) is 6.92 Å². The molecule has 57 valence electrons. The van der Waals surface area contributed by atoms with E-state index in [1.807, 2.05) is 0 Å². The molecule has 4 nitrogen and oxygen atoms in total. The number of carboxylic acids is 1. The van der Waals surface area contributed by atoms with Gasteiger partial charge in [0.15, 0.2) is 0 Å². The molecule has 1 unspecified atom stereocenters. The Kier molecular flexibility index (Phi) is 4.07. The summed E-state index contributed by atoms with van der Waals surface area (Å²) in [6, 6.07) is -0.794. The van der Waals surface area contributed by atoms with E-state index in [9.17, 15) is 9.59 Å². The quantitative estimate of drug-likeness (QED) is 0.596. The Morgan fingerprint density at radius 1 is 1.70 bits per heavy atom. The van der Waals surface area contributed by atoms with Crippen LogP contribution >= 0.6 is 0 Å². The predicted octanol–water partition coefficient (Wildman–Crippen LogP) is -0.838. The number of hydrogen-bond acceptors (Lipinski definition) is 2. The average Bonchev–Trinajstić information content (AvgIpc) is 1.81. The van der Waals surface area contributed by atoms with Gasteiger partial charge in [0, 0.05) is 0 Å². The first-order chi connectivity index (χ1) is 4.57. The zero-order chi connectivity index (χ0) is 8.15. The van der Waals surface area contributed by atoms with Crippen molar-refractivity contribution >= 4 is 27.9 Å². The summed E-state index contributed by atoms with van der Waals surface area (Å²) >= 11 is 2.53. The Morgan fingerprint density at radius 2 is 2.20 bits per heavy atom. The third-order valence-electron chi connectivity index (χ3n) is 0.842. The second-order valence-corrected chi connectivity index (χ2v) is 2.46. The average molecular weight is 209 g/mol. The van der Waals surface area contributed by atoms with E-state index < -0.39 is 12.0 Å². The van der Waals surface area contributed by atoms with Crippen molar-refractivity contribution in [3.8, 4) is 0 Å². The summed E-state index contributed by atoms with van der Waals surface area (Å²) in [5.74, 6) is -1.35. The molecular weight excluding hydrogens is 201 g/mol. The van der Waals surface area contributed by atoms with E-state index in [-0.39, 0.29) is 11.2 Å². The first-order valence-corrected chi connectivity index (χ1v) is 3.87. The topological polar surface area (TPSA) is 66.4 Å². The molecule has 10 heavy (non-hydrogen) atoms. The Morgan fingerprint density at radius 3 is 2.30 bits per heavy atom. The van der Waals surface area contributed by atoms with Gasteiger partial charge in [-0.15, -0.1) is 0 Å². The second kappa shape index (κ2) is 4.30. The molecule has 0 heterocycles. The minimum absolute atomic E-state index is 0.287. The normalized spacial score (nSPS) is 12.2. The maximum atomic E-state index is 10.3. The van der Waals surface area contributed by atoms with E-state index in [4.69, 9.17) is 5.11 Å². The van der Waals surface area contributed by atoms with Crippen LogP contribution in [0.5, 0.6) is 0 Å². The molecule has 0 aromatic rings. The minimum atomic E-state index is -1.02. The Labute approximate surface area is 66.8 Å². The molecule has 1 amide bonds. The van der Waals surface area contributed by atoms with E-state index in [0.29, 0.717) is 0 Å². The molecule has 2 N–H and O–H groups in total. The van der Waals surface area contributed by atoms with Gasteiger partial charge in [-0.1, -0.05) is 0 Å². The number of carboxylic acid groups (broad SMARTS) is 1. The number of amides is 1. The number of carbonyl (C=O) groups excluding carboxylic acids is 1. The van der Waals surface area contributed by atoms with Crippen LogP contribution in [0.3, 0.4) is 0 Å². The number of carbonyl (C=O) groups is 2. The van der Waals surface area contributed by atoms with Crippen LogP contribution in [0.2, 0.25) is 5.32 Å². The standard InChI is InChI=1S/C5H8NO3Se/c1-3(7)6-4(2-10)5(8)9/h4H,2H2,1H3,(H,6,7)(H,8,9). The van der Waals surface area contributed by atoms with Crippen LogP contribution in [0.4, 0.5) is 0 Å². The first-order valence-electron chi connectivity index (χ1n) is 2.66. The predicted molar refractivity (Wildman–Crippen MR) is 35.8 cm³/mol. The summed E-state index contributed by atoms with van der Waals surface area (Å²) in [6.45, 7) is 1.28. The van der Waals surface area contributed by atoms with Crippen LogP contribution in [0.25, 0.3) is 0 Å². The number of nitrogens with one attached hydrogen (secondary N) is 1. The molecule has 0 bridgehead atoms. The van der Waals surface area contributed by atoms with E-state index in [0.717, 1.165) is 0 Å². The summed E-state index contributed by atoms with van der Waals surface area (Å²) < 4.78 is 0. The van der Waals surface area contributed by atoms with Gasteiger partial charge in [-0.2, -0.15) is 0 Å². The molecule has 0 aliphatic heterocycles. The van der Waals surface area contributed by atoms with Gasteiger partial charge in [0.25, 0.3) is 0 Å². The number of aliphatic carboxylic acids is 1. The van der Waals surface area contributed by atoms with E-state index in [1.165, 1.54) is 6.92 Å². The number of hydrogen-bond donors (Lipinski definition) is 2. The molecule has 0 spiro atoms. The molecule has 1 atom stereocenters. The third-order valence-corrected chi connectivity index (χ3v) is 1.54. The first kappa shape index (κ1) is 9.46. The van der Waals surface area contributed by atoms with Crippen molar-refractivity contribution in [3.63, 3.8) is 0 Å². The Hall–Kier alpha value is -0.541. The van der Waals surface area contributed by atoms with Gasteiger partial charge in [-0.3, -0.25) is 0 Å². The zero-order valence-corrected chi connectivity index (χ0v) is 7.17. The van der Waals surface area contributed by atoms with Crippen LogP contribution in [-0.2, 0) is 9.59 Å². The fourth-order valence-electron chi connectivity index (χ4n) is 0.420. The van der Waals surface area contributed by atoms with Gasteiger partial charge in [0.05, 0.1) is 0 Å². The van der Waals surface area contributed by atoms with Gasteiger partial charge in [-0.25, -0.2) is 0 Å². The van der Waals surface area contributed by atoms with Crippen molar-refractivity contribution in [1.82, 2.24) is 5.32 Å². The molecule has 0 aliphatic carbocycles. The zero-order valence-electron chi connectivity index (χ0n) is 5.46. The molecule has 0 saturated carbocycles. The van der Waals surface area contributed by atoms with Crippen molar-refractivity contribution < 1.29 is 14.7 Å². The van der Waals surface area contributed by atoms with E-state index >= 15 is 0 Å². The molecule has 5 heteroatoms. The second-order valence-electron chi connectivity index (χ2n) is 1.76. The van der Waals surface area contributed by atoms with Crippen LogP contribution in [0.15, 0.2) is 0 Å². The molecule has 0 aliphatic rings. The van der Waals surface area contributed by atoms with Gasteiger partial charge < -0.3 is 0 Å².